The lowest BCUT2D eigenvalue weighted by molar-refractivity contribution is 0.0218. The summed E-state index contributed by atoms with van der Waals surface area (Å²) in [6.45, 7) is 9.58. The summed E-state index contributed by atoms with van der Waals surface area (Å²) < 4.78 is 10.7. The van der Waals surface area contributed by atoms with E-state index in [-0.39, 0.29) is 12.1 Å². The van der Waals surface area contributed by atoms with Crippen molar-refractivity contribution in [3.05, 3.63) is 6.07 Å². The molecule has 7 nitrogen and oxygen atoms in total. The number of methoxy groups -OCH3 is 1. The predicted molar refractivity (Wildman–Crippen MR) is 95.0 cm³/mol. The van der Waals surface area contributed by atoms with E-state index in [0.29, 0.717) is 30.7 Å². The molecule has 1 amide bonds. The van der Waals surface area contributed by atoms with E-state index in [1.807, 2.05) is 33.1 Å². The summed E-state index contributed by atoms with van der Waals surface area (Å²) in [5.41, 5.74) is -0.481. The van der Waals surface area contributed by atoms with E-state index < -0.39 is 5.60 Å². The Labute approximate surface area is 147 Å². The van der Waals surface area contributed by atoms with Crippen molar-refractivity contribution >= 4 is 23.7 Å². The monoisotopic (exact) mass is 354 g/mol. The molecular weight excluding hydrogens is 328 g/mol. The number of carbonyl (C=O) groups is 1. The first kappa shape index (κ1) is 18.6. The van der Waals surface area contributed by atoms with Gasteiger partial charge < -0.3 is 19.3 Å². The highest BCUT2D eigenvalue weighted by molar-refractivity contribution is 7.98. The Morgan fingerprint density at radius 3 is 2.58 bits per heavy atom. The number of anilines is 1. The van der Waals surface area contributed by atoms with Crippen LogP contribution >= 0.6 is 11.8 Å². The summed E-state index contributed by atoms with van der Waals surface area (Å²) in [7, 11) is 1.60. The molecule has 1 atom stereocenters. The Bertz CT molecular complexity index is 569. The molecule has 0 radical (unpaired) electrons. The van der Waals surface area contributed by atoms with Crippen LogP contribution in [0.1, 0.15) is 27.7 Å². The Kier molecular flexibility index (Phi) is 5.79. The van der Waals surface area contributed by atoms with Crippen LogP contribution in [-0.2, 0) is 4.74 Å². The van der Waals surface area contributed by atoms with Gasteiger partial charge in [0.1, 0.15) is 11.4 Å². The van der Waals surface area contributed by atoms with Gasteiger partial charge in [-0.2, -0.15) is 4.98 Å². The first-order valence-corrected chi connectivity index (χ1v) is 9.17. The van der Waals surface area contributed by atoms with Gasteiger partial charge in [-0.15, -0.1) is 0 Å². The van der Waals surface area contributed by atoms with E-state index in [9.17, 15) is 4.79 Å². The molecule has 0 aromatic carbocycles. The van der Waals surface area contributed by atoms with Crippen LogP contribution in [-0.4, -0.2) is 65.6 Å². The molecule has 134 valence electrons. The Morgan fingerprint density at radius 2 is 2.04 bits per heavy atom. The van der Waals surface area contributed by atoms with Crippen LogP contribution in [0.2, 0.25) is 0 Å². The molecule has 0 N–H and O–H groups in total. The van der Waals surface area contributed by atoms with Crippen molar-refractivity contribution in [2.24, 2.45) is 0 Å². The Balaban J connectivity index is 2.10. The molecule has 1 aliphatic rings. The van der Waals surface area contributed by atoms with Crippen molar-refractivity contribution < 1.29 is 14.3 Å². The van der Waals surface area contributed by atoms with E-state index in [4.69, 9.17) is 9.47 Å². The molecule has 0 saturated carbocycles. The maximum atomic E-state index is 12.2. The van der Waals surface area contributed by atoms with Gasteiger partial charge in [0.05, 0.1) is 7.11 Å². The van der Waals surface area contributed by atoms with E-state index in [1.54, 1.807) is 12.0 Å². The lowest BCUT2D eigenvalue weighted by Crippen LogP contribution is -2.54. The van der Waals surface area contributed by atoms with Crippen molar-refractivity contribution in [2.45, 2.75) is 44.5 Å². The normalized spacial score (nSPS) is 18.5. The van der Waals surface area contributed by atoms with Gasteiger partial charge in [0.2, 0.25) is 5.88 Å². The fourth-order valence-electron chi connectivity index (χ4n) is 2.53. The highest BCUT2D eigenvalue weighted by Crippen LogP contribution is 2.25. The van der Waals surface area contributed by atoms with E-state index >= 15 is 0 Å². The first-order chi connectivity index (χ1) is 11.2. The SMILES string of the molecule is COc1cc(N2CCN(C(=O)OC(C)(C)C)C[C@@H]2C)nc(SC)n1. The lowest BCUT2D eigenvalue weighted by Gasteiger charge is -2.40. The standard InChI is InChI=1S/C16H26N4O3S/c1-11-10-19(15(21)23-16(2,3)4)7-8-20(11)12-9-13(22-5)18-14(17-12)24-6/h9,11H,7-8,10H2,1-6H3/t11-/m0/s1. The van der Waals surface area contributed by atoms with Gasteiger partial charge in [0, 0.05) is 31.7 Å². The van der Waals surface area contributed by atoms with Crippen molar-refractivity contribution in [2.75, 3.05) is 37.9 Å². The molecule has 0 aliphatic carbocycles. The minimum Gasteiger partial charge on any atom is -0.481 e. The van der Waals surface area contributed by atoms with Gasteiger partial charge >= 0.3 is 6.09 Å². The zero-order valence-electron chi connectivity index (χ0n) is 15.2. The van der Waals surface area contributed by atoms with Crippen LogP contribution < -0.4 is 9.64 Å². The number of carbonyl (C=O) groups excluding carboxylic acids is 1. The molecule has 1 saturated heterocycles. The fraction of sp³-hybridized carbons (Fsp3) is 0.688. The first-order valence-electron chi connectivity index (χ1n) is 7.95. The maximum Gasteiger partial charge on any atom is 0.410 e. The summed E-state index contributed by atoms with van der Waals surface area (Å²) >= 11 is 1.48. The molecule has 2 rings (SSSR count). The van der Waals surface area contributed by atoms with Crippen molar-refractivity contribution in [3.8, 4) is 5.88 Å². The molecule has 0 unspecified atom stereocenters. The highest BCUT2D eigenvalue weighted by Gasteiger charge is 2.30. The van der Waals surface area contributed by atoms with E-state index in [0.717, 1.165) is 5.82 Å². The second kappa shape index (κ2) is 7.46. The number of rotatable bonds is 3. The van der Waals surface area contributed by atoms with Crippen LogP contribution in [0.3, 0.4) is 0 Å². The fourth-order valence-corrected chi connectivity index (χ4v) is 2.89. The van der Waals surface area contributed by atoms with Crippen molar-refractivity contribution in [1.29, 1.82) is 0 Å². The smallest absolute Gasteiger partial charge is 0.410 e. The molecule has 0 spiro atoms. The molecule has 1 aromatic heterocycles. The van der Waals surface area contributed by atoms with Crippen molar-refractivity contribution in [3.63, 3.8) is 0 Å². The Morgan fingerprint density at radius 1 is 1.33 bits per heavy atom. The molecule has 24 heavy (non-hydrogen) atoms. The predicted octanol–water partition coefficient (Wildman–Crippen LogP) is 2.65. The van der Waals surface area contributed by atoms with Crippen LogP contribution in [0.25, 0.3) is 0 Å². The van der Waals surface area contributed by atoms with Crippen molar-refractivity contribution in [1.82, 2.24) is 14.9 Å². The number of aromatic nitrogens is 2. The number of piperazine rings is 1. The lowest BCUT2D eigenvalue weighted by atomic mass is 10.2. The number of thioether (sulfide) groups is 1. The topological polar surface area (TPSA) is 67.8 Å². The van der Waals surface area contributed by atoms with Crippen LogP contribution in [0.15, 0.2) is 11.2 Å². The molecule has 1 aliphatic heterocycles. The van der Waals surface area contributed by atoms with Gasteiger partial charge in [0.25, 0.3) is 0 Å². The summed E-state index contributed by atoms with van der Waals surface area (Å²) in [5.74, 6) is 1.37. The summed E-state index contributed by atoms with van der Waals surface area (Å²) in [6, 6.07) is 1.96. The van der Waals surface area contributed by atoms with Gasteiger partial charge in [-0.05, 0) is 34.0 Å². The van der Waals surface area contributed by atoms with Gasteiger partial charge in [-0.25, -0.2) is 9.78 Å². The molecule has 2 heterocycles. The third-order valence-electron chi connectivity index (χ3n) is 3.63. The third kappa shape index (κ3) is 4.66. The minimum atomic E-state index is -0.481. The molecule has 1 fully saturated rings. The van der Waals surface area contributed by atoms with Crippen LogP contribution in [0, 0.1) is 0 Å². The van der Waals surface area contributed by atoms with Crippen LogP contribution in [0.4, 0.5) is 10.6 Å². The second-order valence-electron chi connectivity index (χ2n) is 6.72. The van der Waals surface area contributed by atoms with E-state index in [2.05, 4.69) is 21.8 Å². The quantitative estimate of drug-likeness (QED) is 0.610. The second-order valence-corrected chi connectivity index (χ2v) is 7.50. The van der Waals surface area contributed by atoms with Gasteiger partial charge in [-0.1, -0.05) is 11.8 Å². The average Bonchev–Trinajstić information content (AvgIpc) is 2.52. The minimum absolute atomic E-state index is 0.126. The average molecular weight is 354 g/mol. The summed E-state index contributed by atoms with van der Waals surface area (Å²) in [5, 5.41) is 0.672. The number of amides is 1. The highest BCUT2D eigenvalue weighted by atomic mass is 32.2. The largest absolute Gasteiger partial charge is 0.481 e. The number of ether oxygens (including phenoxy) is 2. The number of nitrogens with zero attached hydrogens (tertiary/aromatic N) is 4. The molecule has 8 heteroatoms. The zero-order valence-corrected chi connectivity index (χ0v) is 16.0. The molecule has 0 bridgehead atoms. The molecule has 1 aromatic rings. The van der Waals surface area contributed by atoms with Gasteiger partial charge in [0.15, 0.2) is 5.16 Å². The van der Waals surface area contributed by atoms with Gasteiger partial charge in [-0.3, -0.25) is 0 Å². The Hall–Kier alpha value is -1.70. The summed E-state index contributed by atoms with van der Waals surface area (Å²) in [6.07, 6.45) is 1.67. The van der Waals surface area contributed by atoms with Crippen LogP contribution in [0.5, 0.6) is 5.88 Å². The third-order valence-corrected chi connectivity index (χ3v) is 4.18. The summed E-state index contributed by atoms with van der Waals surface area (Å²) in [4.78, 5) is 25.0. The zero-order chi connectivity index (χ0) is 17.9. The number of hydrogen-bond donors (Lipinski definition) is 0. The molecular formula is C16H26N4O3S. The van der Waals surface area contributed by atoms with E-state index in [1.165, 1.54) is 11.8 Å². The maximum absolute atomic E-state index is 12.2. The number of hydrogen-bond acceptors (Lipinski definition) is 7.